The second-order valence-electron chi connectivity index (χ2n) is 8.48. The van der Waals surface area contributed by atoms with Crippen LogP contribution >= 0.6 is 11.6 Å². The Bertz CT molecular complexity index is 968. The second-order valence-corrected chi connectivity index (χ2v) is 8.92. The highest BCUT2D eigenvalue weighted by Crippen LogP contribution is 2.24. The van der Waals surface area contributed by atoms with Crippen molar-refractivity contribution in [3.63, 3.8) is 0 Å². The van der Waals surface area contributed by atoms with E-state index in [0.717, 1.165) is 0 Å². The highest BCUT2D eigenvalue weighted by molar-refractivity contribution is 6.30. The molecule has 33 heavy (non-hydrogen) atoms. The van der Waals surface area contributed by atoms with E-state index < -0.39 is 6.04 Å². The largest absolute Gasteiger partial charge is 0.497 e. The molecular weight excluding hydrogens is 442 g/mol. The van der Waals surface area contributed by atoms with Gasteiger partial charge in [-0.1, -0.05) is 11.6 Å². The number of carbonyl (C=O) groups is 3. The molecule has 3 rings (SSSR count). The van der Waals surface area contributed by atoms with Crippen LogP contribution in [-0.2, 0) is 4.79 Å². The summed E-state index contributed by atoms with van der Waals surface area (Å²) >= 11 is 5.92. The van der Waals surface area contributed by atoms with Crippen molar-refractivity contribution in [2.45, 2.75) is 38.8 Å². The SMILES string of the molecule is COc1ccc(C(=O)N[C@H](C(=O)NC(C)C)C2CCN(C(=O)c3ccc(Cl)cc3)CC2)cc1. The number of amides is 3. The Morgan fingerprint density at radius 2 is 1.52 bits per heavy atom. The fourth-order valence-electron chi connectivity index (χ4n) is 3.95. The Hall–Kier alpha value is -3.06. The topological polar surface area (TPSA) is 87.7 Å². The number of halogens is 1. The quantitative estimate of drug-likeness (QED) is 0.646. The Morgan fingerprint density at radius 1 is 0.939 bits per heavy atom. The minimum atomic E-state index is -0.685. The first-order valence-electron chi connectivity index (χ1n) is 11.1. The van der Waals surface area contributed by atoms with E-state index in [9.17, 15) is 14.4 Å². The van der Waals surface area contributed by atoms with Gasteiger partial charge in [0.1, 0.15) is 11.8 Å². The minimum Gasteiger partial charge on any atom is -0.497 e. The number of nitrogens with one attached hydrogen (secondary N) is 2. The maximum Gasteiger partial charge on any atom is 0.253 e. The average Bonchev–Trinajstić information content (AvgIpc) is 2.82. The zero-order chi connectivity index (χ0) is 24.0. The lowest BCUT2D eigenvalue weighted by molar-refractivity contribution is -0.125. The summed E-state index contributed by atoms with van der Waals surface area (Å²) in [6, 6.07) is 12.8. The third kappa shape index (κ3) is 6.48. The Kier molecular flexibility index (Phi) is 8.33. The smallest absolute Gasteiger partial charge is 0.253 e. The van der Waals surface area contributed by atoms with Gasteiger partial charge in [-0.15, -0.1) is 0 Å². The van der Waals surface area contributed by atoms with Crippen LogP contribution in [0.25, 0.3) is 0 Å². The van der Waals surface area contributed by atoms with Crippen LogP contribution in [0.5, 0.6) is 5.75 Å². The Morgan fingerprint density at radius 3 is 2.06 bits per heavy atom. The van der Waals surface area contributed by atoms with Crippen LogP contribution in [0.3, 0.4) is 0 Å². The molecule has 1 fully saturated rings. The number of nitrogens with zero attached hydrogens (tertiary/aromatic N) is 1. The van der Waals surface area contributed by atoms with E-state index in [4.69, 9.17) is 16.3 Å². The zero-order valence-corrected chi connectivity index (χ0v) is 19.9. The molecule has 1 aliphatic heterocycles. The summed E-state index contributed by atoms with van der Waals surface area (Å²) < 4.78 is 5.14. The van der Waals surface area contributed by atoms with Crippen LogP contribution in [0.15, 0.2) is 48.5 Å². The molecule has 8 heteroatoms. The molecule has 2 aromatic carbocycles. The van der Waals surface area contributed by atoms with Crippen molar-refractivity contribution in [1.29, 1.82) is 0 Å². The Balaban J connectivity index is 1.68. The first-order chi connectivity index (χ1) is 15.8. The Labute approximate surface area is 199 Å². The number of carbonyl (C=O) groups excluding carboxylic acids is 3. The molecule has 0 aromatic heterocycles. The van der Waals surface area contributed by atoms with Gasteiger partial charge in [-0.2, -0.15) is 0 Å². The van der Waals surface area contributed by atoms with Gasteiger partial charge >= 0.3 is 0 Å². The number of hydrogen-bond acceptors (Lipinski definition) is 4. The van der Waals surface area contributed by atoms with Gasteiger partial charge in [0.25, 0.3) is 11.8 Å². The van der Waals surface area contributed by atoms with Crippen molar-refractivity contribution >= 4 is 29.3 Å². The molecular formula is C25H30ClN3O4. The molecule has 0 saturated carbocycles. The minimum absolute atomic E-state index is 0.0514. The number of methoxy groups -OCH3 is 1. The summed E-state index contributed by atoms with van der Waals surface area (Å²) in [5.41, 5.74) is 1.04. The standard InChI is InChI=1S/C25H30ClN3O4/c1-16(2)27-24(31)22(28-23(30)18-6-10-21(33-3)11-7-18)17-12-14-29(15-13-17)25(32)19-4-8-20(26)9-5-19/h4-11,16-17,22H,12-15H2,1-3H3,(H,27,31)(H,28,30)/t22-/m0/s1. The predicted molar refractivity (Wildman–Crippen MR) is 128 cm³/mol. The summed E-state index contributed by atoms with van der Waals surface area (Å²) in [5.74, 6) is -0.0234. The lowest BCUT2D eigenvalue weighted by Crippen LogP contribution is -2.54. The first kappa shape index (κ1) is 24.6. The predicted octanol–water partition coefficient (Wildman–Crippen LogP) is 3.52. The molecule has 0 radical (unpaired) electrons. The molecule has 1 aliphatic rings. The monoisotopic (exact) mass is 471 g/mol. The van der Waals surface area contributed by atoms with Gasteiger partial charge in [-0.25, -0.2) is 0 Å². The summed E-state index contributed by atoms with van der Waals surface area (Å²) in [7, 11) is 1.56. The molecule has 2 aromatic rings. The molecule has 7 nitrogen and oxygen atoms in total. The van der Waals surface area contributed by atoms with Gasteiger partial charge in [-0.05, 0) is 81.1 Å². The first-order valence-corrected chi connectivity index (χ1v) is 11.5. The van der Waals surface area contributed by atoms with Gasteiger partial charge in [0.2, 0.25) is 5.91 Å². The fraction of sp³-hybridized carbons (Fsp3) is 0.400. The van der Waals surface area contributed by atoms with Gasteiger partial charge < -0.3 is 20.3 Å². The number of piperidine rings is 1. The maximum absolute atomic E-state index is 13.0. The molecule has 0 aliphatic carbocycles. The van der Waals surface area contributed by atoms with Gasteiger partial charge in [0, 0.05) is 35.3 Å². The summed E-state index contributed by atoms with van der Waals surface area (Å²) in [6.45, 7) is 4.78. The molecule has 1 heterocycles. The van der Waals surface area contributed by atoms with Crippen molar-refractivity contribution in [3.05, 3.63) is 64.7 Å². The van der Waals surface area contributed by atoms with Crippen molar-refractivity contribution in [1.82, 2.24) is 15.5 Å². The summed E-state index contributed by atoms with van der Waals surface area (Å²) in [4.78, 5) is 40.4. The van der Waals surface area contributed by atoms with Crippen molar-refractivity contribution in [3.8, 4) is 5.75 Å². The highest BCUT2D eigenvalue weighted by atomic mass is 35.5. The van der Waals surface area contributed by atoms with Crippen molar-refractivity contribution in [2.75, 3.05) is 20.2 Å². The van der Waals surface area contributed by atoms with Gasteiger partial charge in [0.15, 0.2) is 0 Å². The summed E-state index contributed by atoms with van der Waals surface area (Å²) in [6.07, 6.45) is 1.22. The van der Waals surface area contributed by atoms with E-state index in [1.807, 2.05) is 13.8 Å². The molecule has 3 amide bonds. The normalized spacial score (nSPS) is 15.1. The number of likely N-dealkylation sites (tertiary alicyclic amines) is 1. The number of rotatable bonds is 7. The van der Waals surface area contributed by atoms with E-state index >= 15 is 0 Å². The zero-order valence-electron chi connectivity index (χ0n) is 19.1. The van der Waals surface area contributed by atoms with E-state index in [2.05, 4.69) is 10.6 Å². The van der Waals surface area contributed by atoms with E-state index in [0.29, 0.717) is 47.8 Å². The van der Waals surface area contributed by atoms with Crippen LogP contribution in [-0.4, -0.2) is 54.9 Å². The van der Waals surface area contributed by atoms with Crippen LogP contribution in [0.1, 0.15) is 47.4 Å². The highest BCUT2D eigenvalue weighted by Gasteiger charge is 2.34. The van der Waals surface area contributed by atoms with Crippen LogP contribution in [0, 0.1) is 5.92 Å². The van der Waals surface area contributed by atoms with Gasteiger partial charge in [0.05, 0.1) is 7.11 Å². The molecule has 1 saturated heterocycles. The number of ether oxygens (including phenoxy) is 1. The lowest BCUT2D eigenvalue weighted by Gasteiger charge is -2.36. The number of hydrogen-bond donors (Lipinski definition) is 2. The van der Waals surface area contributed by atoms with E-state index in [1.54, 1.807) is 60.5 Å². The second kappa shape index (κ2) is 11.2. The number of benzene rings is 2. The molecule has 176 valence electrons. The average molecular weight is 472 g/mol. The molecule has 0 spiro atoms. The molecule has 1 atom stereocenters. The van der Waals surface area contributed by atoms with Crippen LogP contribution in [0.2, 0.25) is 5.02 Å². The lowest BCUT2D eigenvalue weighted by atomic mass is 9.88. The van der Waals surface area contributed by atoms with Gasteiger partial charge in [-0.3, -0.25) is 14.4 Å². The molecule has 2 N–H and O–H groups in total. The van der Waals surface area contributed by atoms with E-state index in [-0.39, 0.29) is 29.7 Å². The molecule has 0 unspecified atom stereocenters. The van der Waals surface area contributed by atoms with Crippen molar-refractivity contribution < 1.29 is 19.1 Å². The third-order valence-electron chi connectivity index (χ3n) is 5.74. The molecule has 0 bridgehead atoms. The van der Waals surface area contributed by atoms with Crippen LogP contribution < -0.4 is 15.4 Å². The maximum atomic E-state index is 13.0. The van der Waals surface area contributed by atoms with Crippen LogP contribution in [0.4, 0.5) is 0 Å². The third-order valence-corrected chi connectivity index (χ3v) is 5.99. The van der Waals surface area contributed by atoms with Crippen molar-refractivity contribution in [2.24, 2.45) is 5.92 Å². The summed E-state index contributed by atoms with van der Waals surface area (Å²) in [5, 5.41) is 6.41. The fourth-order valence-corrected chi connectivity index (χ4v) is 4.08. The van der Waals surface area contributed by atoms with E-state index in [1.165, 1.54) is 0 Å².